The Morgan fingerprint density at radius 1 is 1.32 bits per heavy atom. The minimum atomic E-state index is -3.67. The van der Waals surface area contributed by atoms with Gasteiger partial charge in [-0.25, -0.2) is 18.1 Å². The van der Waals surface area contributed by atoms with Crippen LogP contribution in [0.3, 0.4) is 0 Å². The lowest BCUT2D eigenvalue weighted by atomic mass is 9.91. The van der Waals surface area contributed by atoms with E-state index in [1.165, 1.54) is 12.3 Å². The first kappa shape index (κ1) is 16.4. The van der Waals surface area contributed by atoms with Crippen LogP contribution in [-0.2, 0) is 10.0 Å². The molecule has 0 radical (unpaired) electrons. The lowest BCUT2D eigenvalue weighted by Gasteiger charge is -2.31. The normalized spacial score (nSPS) is 12.6. The predicted molar refractivity (Wildman–Crippen MR) is 80.3 cm³/mol. The fraction of sp³-hybridized carbons (Fsp3) is 0.583. The molecule has 5 nitrogen and oxygen atoms in total. The standard InChI is InChI=1S/C12H20BrN3O2S/c1-4-12(5-2,6-3)16-19(17,18)10-7-9(13)8-15-11(10)14/h7-8,16H,4-6H2,1-3H3,(H2,14,15). The van der Waals surface area contributed by atoms with Gasteiger partial charge in [-0.1, -0.05) is 20.8 Å². The molecule has 1 aromatic heterocycles. The van der Waals surface area contributed by atoms with Crippen molar-refractivity contribution in [3.63, 3.8) is 0 Å². The van der Waals surface area contributed by atoms with Gasteiger partial charge in [0.2, 0.25) is 10.0 Å². The molecule has 0 aliphatic heterocycles. The maximum absolute atomic E-state index is 12.4. The Balaban J connectivity index is 3.21. The Morgan fingerprint density at radius 2 is 1.84 bits per heavy atom. The van der Waals surface area contributed by atoms with Crippen molar-refractivity contribution in [3.8, 4) is 0 Å². The first-order valence-corrected chi connectivity index (χ1v) is 8.53. The molecular formula is C12H20BrN3O2S. The van der Waals surface area contributed by atoms with Crippen molar-refractivity contribution >= 4 is 31.8 Å². The number of pyridine rings is 1. The van der Waals surface area contributed by atoms with Gasteiger partial charge >= 0.3 is 0 Å². The van der Waals surface area contributed by atoms with Crippen LogP contribution in [0.25, 0.3) is 0 Å². The van der Waals surface area contributed by atoms with Gasteiger partial charge in [-0.3, -0.25) is 0 Å². The molecule has 3 N–H and O–H groups in total. The van der Waals surface area contributed by atoms with Crippen LogP contribution in [-0.4, -0.2) is 18.9 Å². The topological polar surface area (TPSA) is 85.1 Å². The molecule has 1 aromatic rings. The number of hydrogen-bond donors (Lipinski definition) is 2. The summed E-state index contributed by atoms with van der Waals surface area (Å²) in [6.07, 6.45) is 3.64. The number of halogens is 1. The summed E-state index contributed by atoms with van der Waals surface area (Å²) < 4.78 is 28.2. The minimum absolute atomic E-state index is 0.00732. The fourth-order valence-electron chi connectivity index (χ4n) is 1.95. The molecule has 108 valence electrons. The average Bonchev–Trinajstić information content (AvgIpc) is 2.39. The van der Waals surface area contributed by atoms with Gasteiger partial charge in [0, 0.05) is 16.2 Å². The molecule has 1 heterocycles. The molecule has 0 aliphatic rings. The first-order valence-electron chi connectivity index (χ1n) is 6.25. The van der Waals surface area contributed by atoms with Gasteiger partial charge in [0.1, 0.15) is 10.7 Å². The molecule has 7 heteroatoms. The third kappa shape index (κ3) is 3.67. The molecule has 0 saturated carbocycles. The van der Waals surface area contributed by atoms with Gasteiger partial charge in [-0.05, 0) is 41.3 Å². The number of nitrogens with two attached hydrogens (primary N) is 1. The smallest absolute Gasteiger partial charge is 0.244 e. The largest absolute Gasteiger partial charge is 0.383 e. The Hall–Kier alpha value is -0.660. The molecule has 0 fully saturated rings. The highest BCUT2D eigenvalue weighted by molar-refractivity contribution is 9.10. The summed E-state index contributed by atoms with van der Waals surface area (Å²) in [5.41, 5.74) is 5.23. The molecule has 0 saturated heterocycles. The predicted octanol–water partition coefficient (Wildman–Crippen LogP) is 2.67. The van der Waals surface area contributed by atoms with Crippen LogP contribution in [0.15, 0.2) is 21.6 Å². The zero-order chi connectivity index (χ0) is 14.7. The van der Waals surface area contributed by atoms with E-state index in [1.807, 2.05) is 20.8 Å². The molecule has 0 amide bonds. The summed E-state index contributed by atoms with van der Waals surface area (Å²) in [5.74, 6) is 0.00732. The summed E-state index contributed by atoms with van der Waals surface area (Å²) in [6.45, 7) is 5.91. The fourth-order valence-corrected chi connectivity index (χ4v) is 4.16. The van der Waals surface area contributed by atoms with Gasteiger partial charge in [0.05, 0.1) is 0 Å². The van der Waals surface area contributed by atoms with E-state index in [1.54, 1.807) is 0 Å². The lowest BCUT2D eigenvalue weighted by Crippen LogP contribution is -2.47. The van der Waals surface area contributed by atoms with Gasteiger partial charge in [0.15, 0.2) is 0 Å². The highest BCUT2D eigenvalue weighted by Gasteiger charge is 2.31. The van der Waals surface area contributed by atoms with E-state index in [-0.39, 0.29) is 10.7 Å². The van der Waals surface area contributed by atoms with Crippen molar-refractivity contribution in [3.05, 3.63) is 16.7 Å². The van der Waals surface area contributed by atoms with E-state index < -0.39 is 15.6 Å². The lowest BCUT2D eigenvalue weighted by molar-refractivity contribution is 0.342. The van der Waals surface area contributed by atoms with Crippen LogP contribution in [0.1, 0.15) is 40.0 Å². The maximum atomic E-state index is 12.4. The number of rotatable bonds is 6. The summed E-state index contributed by atoms with van der Waals surface area (Å²) in [6, 6.07) is 1.47. The molecular weight excluding hydrogens is 330 g/mol. The number of anilines is 1. The van der Waals surface area contributed by atoms with Gasteiger partial charge < -0.3 is 5.73 Å². The average molecular weight is 350 g/mol. The van der Waals surface area contributed by atoms with Crippen LogP contribution >= 0.6 is 15.9 Å². The van der Waals surface area contributed by atoms with Crippen molar-refractivity contribution in [2.24, 2.45) is 0 Å². The Labute approximate surface area is 123 Å². The van der Waals surface area contributed by atoms with Crippen LogP contribution in [0.5, 0.6) is 0 Å². The second-order valence-corrected chi connectivity index (χ2v) is 7.05. The van der Waals surface area contributed by atoms with E-state index in [2.05, 4.69) is 25.6 Å². The van der Waals surface area contributed by atoms with Gasteiger partial charge in [-0.15, -0.1) is 0 Å². The van der Waals surface area contributed by atoms with E-state index in [0.29, 0.717) is 4.47 Å². The second-order valence-electron chi connectivity index (χ2n) is 4.48. The molecule has 0 atom stereocenters. The number of nitrogens with zero attached hydrogens (tertiary/aromatic N) is 1. The highest BCUT2D eigenvalue weighted by atomic mass is 79.9. The zero-order valence-corrected chi connectivity index (χ0v) is 13.8. The molecule has 0 spiro atoms. The monoisotopic (exact) mass is 349 g/mol. The van der Waals surface area contributed by atoms with Crippen molar-refractivity contribution in [2.45, 2.75) is 50.5 Å². The Morgan fingerprint density at radius 3 is 2.32 bits per heavy atom. The summed E-state index contributed by atoms with van der Waals surface area (Å²) in [7, 11) is -3.67. The number of hydrogen-bond acceptors (Lipinski definition) is 4. The quantitative estimate of drug-likeness (QED) is 0.826. The third-order valence-electron chi connectivity index (χ3n) is 3.52. The summed E-state index contributed by atoms with van der Waals surface area (Å²) >= 11 is 3.21. The van der Waals surface area contributed by atoms with Crippen molar-refractivity contribution < 1.29 is 8.42 Å². The Bertz CT molecular complexity index is 534. The molecule has 0 aliphatic carbocycles. The SMILES string of the molecule is CCC(CC)(CC)NS(=O)(=O)c1cc(Br)cnc1N. The van der Waals surface area contributed by atoms with Crippen LogP contribution in [0.2, 0.25) is 0 Å². The Kier molecular flexibility index (Phi) is 5.34. The molecule has 0 bridgehead atoms. The number of aromatic nitrogens is 1. The van der Waals surface area contributed by atoms with Gasteiger partial charge in [-0.2, -0.15) is 0 Å². The number of nitrogen functional groups attached to an aromatic ring is 1. The molecule has 0 aromatic carbocycles. The molecule has 19 heavy (non-hydrogen) atoms. The van der Waals surface area contributed by atoms with Crippen LogP contribution < -0.4 is 10.5 Å². The van der Waals surface area contributed by atoms with Crippen molar-refractivity contribution in [1.29, 1.82) is 0 Å². The number of nitrogens with one attached hydrogen (secondary N) is 1. The third-order valence-corrected chi connectivity index (χ3v) is 5.56. The van der Waals surface area contributed by atoms with Crippen molar-refractivity contribution in [2.75, 3.05) is 5.73 Å². The zero-order valence-electron chi connectivity index (χ0n) is 11.4. The van der Waals surface area contributed by atoms with E-state index in [0.717, 1.165) is 19.3 Å². The first-order chi connectivity index (χ1) is 8.80. The second kappa shape index (κ2) is 6.19. The summed E-state index contributed by atoms with van der Waals surface area (Å²) in [4.78, 5) is 3.88. The number of sulfonamides is 1. The van der Waals surface area contributed by atoms with Crippen LogP contribution in [0.4, 0.5) is 5.82 Å². The van der Waals surface area contributed by atoms with Crippen molar-refractivity contribution in [1.82, 2.24) is 9.71 Å². The van der Waals surface area contributed by atoms with E-state index in [4.69, 9.17) is 5.73 Å². The van der Waals surface area contributed by atoms with E-state index >= 15 is 0 Å². The maximum Gasteiger partial charge on any atom is 0.244 e. The van der Waals surface area contributed by atoms with Gasteiger partial charge in [0.25, 0.3) is 0 Å². The highest BCUT2D eigenvalue weighted by Crippen LogP contribution is 2.26. The summed E-state index contributed by atoms with van der Waals surface area (Å²) in [5, 5.41) is 0. The minimum Gasteiger partial charge on any atom is -0.383 e. The molecule has 1 rings (SSSR count). The van der Waals surface area contributed by atoms with E-state index in [9.17, 15) is 8.42 Å². The molecule has 0 unspecified atom stereocenters. The van der Waals surface area contributed by atoms with Crippen LogP contribution in [0, 0.1) is 0 Å².